The predicted octanol–water partition coefficient (Wildman–Crippen LogP) is 1.44. The highest BCUT2D eigenvalue weighted by Gasteiger charge is 2.37. The van der Waals surface area contributed by atoms with Crippen molar-refractivity contribution in [3.8, 4) is 0 Å². The molecule has 3 rings (SSSR count). The summed E-state index contributed by atoms with van der Waals surface area (Å²) in [6.07, 6.45) is 6.31. The molecule has 2 atom stereocenters. The topological polar surface area (TPSA) is 52.7 Å². The predicted molar refractivity (Wildman–Crippen MR) is 76.2 cm³/mol. The fourth-order valence-electron chi connectivity index (χ4n) is 3.96. The fraction of sp³-hybridized carbons (Fsp3) is 0.867. The molecule has 3 amide bonds. The molecule has 20 heavy (non-hydrogen) atoms. The second-order valence-corrected chi connectivity index (χ2v) is 6.60. The molecule has 3 fully saturated rings. The Morgan fingerprint density at radius 1 is 1.35 bits per heavy atom. The van der Waals surface area contributed by atoms with Crippen LogP contribution in [-0.4, -0.2) is 54.0 Å². The Balaban J connectivity index is 1.53. The van der Waals surface area contributed by atoms with E-state index in [2.05, 4.69) is 12.2 Å². The Labute approximate surface area is 120 Å². The van der Waals surface area contributed by atoms with Crippen LogP contribution in [0.2, 0.25) is 0 Å². The molecule has 0 bridgehead atoms. The summed E-state index contributed by atoms with van der Waals surface area (Å²) < 4.78 is 0. The average molecular weight is 279 g/mol. The van der Waals surface area contributed by atoms with Gasteiger partial charge < -0.3 is 15.1 Å². The van der Waals surface area contributed by atoms with E-state index in [0.29, 0.717) is 26.2 Å². The van der Waals surface area contributed by atoms with Gasteiger partial charge in [-0.15, -0.1) is 0 Å². The van der Waals surface area contributed by atoms with Crippen molar-refractivity contribution in [3.63, 3.8) is 0 Å². The zero-order chi connectivity index (χ0) is 14.1. The molecule has 112 valence electrons. The van der Waals surface area contributed by atoms with E-state index in [9.17, 15) is 9.59 Å². The summed E-state index contributed by atoms with van der Waals surface area (Å²) >= 11 is 0. The van der Waals surface area contributed by atoms with Gasteiger partial charge in [0.05, 0.1) is 6.04 Å². The lowest BCUT2D eigenvalue weighted by Gasteiger charge is -2.37. The quantitative estimate of drug-likeness (QED) is 0.850. The van der Waals surface area contributed by atoms with Crippen molar-refractivity contribution in [2.45, 2.75) is 45.1 Å². The first-order valence-corrected chi connectivity index (χ1v) is 7.98. The molecule has 0 aromatic carbocycles. The summed E-state index contributed by atoms with van der Waals surface area (Å²) in [7, 11) is 0. The third-order valence-corrected chi connectivity index (χ3v) is 5.13. The van der Waals surface area contributed by atoms with Crippen molar-refractivity contribution in [3.05, 3.63) is 0 Å². The van der Waals surface area contributed by atoms with Gasteiger partial charge in [-0.25, -0.2) is 4.79 Å². The number of amides is 3. The molecule has 5 heteroatoms. The lowest BCUT2D eigenvalue weighted by molar-refractivity contribution is -0.137. The summed E-state index contributed by atoms with van der Waals surface area (Å²) in [5.41, 5.74) is 0. The summed E-state index contributed by atoms with van der Waals surface area (Å²) in [6, 6.07) is 0.208. The lowest BCUT2D eigenvalue weighted by Crippen LogP contribution is -2.54. The van der Waals surface area contributed by atoms with Crippen molar-refractivity contribution in [2.24, 2.45) is 11.8 Å². The number of nitrogens with one attached hydrogen (secondary N) is 1. The van der Waals surface area contributed by atoms with Gasteiger partial charge in [-0.3, -0.25) is 4.79 Å². The smallest absolute Gasteiger partial charge is 0.317 e. The van der Waals surface area contributed by atoms with Gasteiger partial charge in [0.1, 0.15) is 0 Å². The molecule has 1 N–H and O–H groups in total. The van der Waals surface area contributed by atoms with Crippen LogP contribution in [0.1, 0.15) is 39.0 Å². The molecule has 0 aromatic heterocycles. The van der Waals surface area contributed by atoms with Gasteiger partial charge in [0.15, 0.2) is 0 Å². The molecule has 0 radical (unpaired) electrons. The summed E-state index contributed by atoms with van der Waals surface area (Å²) in [5, 5.41) is 2.86. The maximum atomic E-state index is 12.6. The van der Waals surface area contributed by atoms with E-state index < -0.39 is 0 Å². The summed E-state index contributed by atoms with van der Waals surface area (Å²) in [6.45, 7) is 4.83. The standard InChI is InChI=1S/C15H25N3O2/c1-11(8-12-4-2-3-5-12)14(19)17-6-7-18-13(10-17)9-16-15(18)20/h11-13H,2-10H2,1H3,(H,16,20)/t11-,13+/m0/s1. The van der Waals surface area contributed by atoms with E-state index in [1.54, 1.807) is 0 Å². The summed E-state index contributed by atoms with van der Waals surface area (Å²) in [4.78, 5) is 28.0. The van der Waals surface area contributed by atoms with Crippen molar-refractivity contribution < 1.29 is 9.59 Å². The van der Waals surface area contributed by atoms with Crippen LogP contribution in [0.25, 0.3) is 0 Å². The largest absolute Gasteiger partial charge is 0.339 e. The first-order valence-electron chi connectivity index (χ1n) is 7.98. The Kier molecular flexibility index (Phi) is 3.85. The Hall–Kier alpha value is -1.26. The number of hydrogen-bond acceptors (Lipinski definition) is 2. The molecule has 2 saturated heterocycles. The summed E-state index contributed by atoms with van der Waals surface area (Å²) in [5.74, 6) is 1.18. The van der Waals surface area contributed by atoms with Crippen LogP contribution in [0.3, 0.4) is 0 Å². The van der Waals surface area contributed by atoms with E-state index in [0.717, 1.165) is 12.3 Å². The number of hydrogen-bond donors (Lipinski definition) is 1. The lowest BCUT2D eigenvalue weighted by atomic mass is 9.93. The highest BCUT2D eigenvalue weighted by atomic mass is 16.2. The van der Waals surface area contributed by atoms with Gasteiger partial charge in [0, 0.05) is 32.1 Å². The zero-order valence-electron chi connectivity index (χ0n) is 12.3. The monoisotopic (exact) mass is 279 g/mol. The molecule has 3 aliphatic rings. The minimum atomic E-state index is 0.0288. The fourth-order valence-corrected chi connectivity index (χ4v) is 3.96. The molecule has 1 aliphatic carbocycles. The molecule has 1 saturated carbocycles. The second-order valence-electron chi connectivity index (χ2n) is 6.60. The minimum Gasteiger partial charge on any atom is -0.339 e. The molecular formula is C15H25N3O2. The van der Waals surface area contributed by atoms with Crippen LogP contribution in [0.4, 0.5) is 4.79 Å². The number of urea groups is 1. The normalized spacial score (nSPS) is 28.4. The second kappa shape index (κ2) is 5.62. The third-order valence-electron chi connectivity index (χ3n) is 5.13. The van der Waals surface area contributed by atoms with Crippen LogP contribution in [0.5, 0.6) is 0 Å². The average Bonchev–Trinajstić information content (AvgIpc) is 3.08. The maximum Gasteiger partial charge on any atom is 0.317 e. The van der Waals surface area contributed by atoms with Crippen molar-refractivity contribution >= 4 is 11.9 Å². The molecule has 2 aliphatic heterocycles. The van der Waals surface area contributed by atoms with Gasteiger partial charge in [0.25, 0.3) is 0 Å². The van der Waals surface area contributed by atoms with Crippen LogP contribution in [0.15, 0.2) is 0 Å². The van der Waals surface area contributed by atoms with Crippen molar-refractivity contribution in [1.82, 2.24) is 15.1 Å². The Morgan fingerprint density at radius 3 is 2.85 bits per heavy atom. The Bertz CT molecular complexity index is 393. The molecule has 2 heterocycles. The van der Waals surface area contributed by atoms with E-state index in [4.69, 9.17) is 0 Å². The van der Waals surface area contributed by atoms with Gasteiger partial charge in [-0.2, -0.15) is 0 Å². The van der Waals surface area contributed by atoms with E-state index in [1.807, 2.05) is 9.80 Å². The first kappa shape index (κ1) is 13.7. The minimum absolute atomic E-state index is 0.0288. The number of nitrogens with zero attached hydrogens (tertiary/aromatic N) is 2. The molecule has 0 spiro atoms. The van der Waals surface area contributed by atoms with E-state index >= 15 is 0 Å². The number of carbonyl (C=O) groups is 2. The number of piperazine rings is 1. The van der Waals surface area contributed by atoms with Gasteiger partial charge in [-0.05, 0) is 12.3 Å². The first-order chi connectivity index (χ1) is 9.65. The van der Waals surface area contributed by atoms with Gasteiger partial charge in [0.2, 0.25) is 5.91 Å². The zero-order valence-corrected chi connectivity index (χ0v) is 12.3. The van der Waals surface area contributed by atoms with Crippen LogP contribution in [-0.2, 0) is 4.79 Å². The molecule has 0 unspecified atom stereocenters. The van der Waals surface area contributed by atoms with Crippen LogP contribution >= 0.6 is 0 Å². The molecule has 0 aromatic rings. The SMILES string of the molecule is C[C@@H](CC1CCCC1)C(=O)N1CCN2C(=O)NC[C@@H]2C1. The molecule has 5 nitrogen and oxygen atoms in total. The van der Waals surface area contributed by atoms with E-state index in [1.165, 1.54) is 25.7 Å². The van der Waals surface area contributed by atoms with E-state index in [-0.39, 0.29) is 23.9 Å². The molecular weight excluding hydrogens is 254 g/mol. The van der Waals surface area contributed by atoms with Crippen LogP contribution < -0.4 is 5.32 Å². The van der Waals surface area contributed by atoms with Gasteiger partial charge >= 0.3 is 6.03 Å². The maximum absolute atomic E-state index is 12.6. The van der Waals surface area contributed by atoms with Crippen molar-refractivity contribution in [1.29, 1.82) is 0 Å². The van der Waals surface area contributed by atoms with Crippen LogP contribution in [0, 0.1) is 11.8 Å². The highest BCUT2D eigenvalue weighted by Crippen LogP contribution is 2.31. The number of carbonyl (C=O) groups excluding carboxylic acids is 2. The number of rotatable bonds is 3. The van der Waals surface area contributed by atoms with Crippen molar-refractivity contribution in [2.75, 3.05) is 26.2 Å². The van der Waals surface area contributed by atoms with Gasteiger partial charge in [-0.1, -0.05) is 32.6 Å². The number of fused-ring (bicyclic) bond motifs is 1. The Morgan fingerprint density at radius 2 is 2.10 bits per heavy atom. The highest BCUT2D eigenvalue weighted by molar-refractivity contribution is 5.80. The third kappa shape index (κ3) is 2.63.